The van der Waals surface area contributed by atoms with E-state index in [9.17, 15) is 24.1 Å². The molecule has 1 fully saturated rings. The number of carbonyl (C=O) groups excluding carboxylic acids is 1. The lowest BCUT2D eigenvalue weighted by molar-refractivity contribution is -0.183. The van der Waals surface area contributed by atoms with Gasteiger partial charge < -0.3 is 19.1 Å². The summed E-state index contributed by atoms with van der Waals surface area (Å²) in [6.07, 6.45) is -4.13. The molecule has 1 unspecified atom stereocenters. The van der Waals surface area contributed by atoms with Crippen molar-refractivity contribution in [2.45, 2.75) is 63.9 Å². The van der Waals surface area contributed by atoms with E-state index in [4.69, 9.17) is 18.8 Å². The molecule has 0 aliphatic carbocycles. The minimum absolute atomic E-state index is 0.255. The fourth-order valence-corrected chi connectivity index (χ4v) is 4.53. The highest BCUT2D eigenvalue weighted by Crippen LogP contribution is 2.41. The van der Waals surface area contributed by atoms with Crippen LogP contribution >= 0.6 is 8.18 Å². The number of esters is 1. The van der Waals surface area contributed by atoms with Gasteiger partial charge in [-0.15, -0.1) is 0 Å². The van der Waals surface area contributed by atoms with Crippen LogP contribution in [0.5, 0.6) is 5.75 Å². The first-order chi connectivity index (χ1) is 16.9. The van der Waals surface area contributed by atoms with Crippen LogP contribution in [0.4, 0.5) is 4.39 Å². The summed E-state index contributed by atoms with van der Waals surface area (Å²) in [4.78, 5) is 44.3. The number of nitrogens with one attached hydrogen (secondary N) is 1. The van der Waals surface area contributed by atoms with E-state index in [2.05, 4.69) is 0 Å². The van der Waals surface area contributed by atoms with Gasteiger partial charge in [-0.3, -0.25) is 28.5 Å². The lowest BCUT2D eigenvalue weighted by atomic mass is 9.98. The van der Waals surface area contributed by atoms with Crippen molar-refractivity contribution >= 4 is 14.1 Å². The first-order valence-electron chi connectivity index (χ1n) is 11.1. The fraction of sp³-hybridized carbons (Fsp3) is 0.500. The number of halogens is 1. The molecule has 0 amide bonds. The van der Waals surface area contributed by atoms with Gasteiger partial charge in [0.05, 0.1) is 12.7 Å². The third-order valence-corrected chi connectivity index (χ3v) is 6.66. The van der Waals surface area contributed by atoms with Crippen LogP contribution in [0.25, 0.3) is 0 Å². The van der Waals surface area contributed by atoms with Crippen molar-refractivity contribution in [2.75, 3.05) is 6.61 Å². The number of hydroxylamine groups is 1. The molecular formula is C22H29FN3O9P. The maximum atomic E-state index is 15.4. The molecular weight excluding hydrogens is 500 g/mol. The van der Waals surface area contributed by atoms with E-state index >= 15 is 4.39 Å². The number of aliphatic hydroxyl groups excluding tert-OH is 1. The van der Waals surface area contributed by atoms with Crippen molar-refractivity contribution in [3.05, 3.63) is 63.4 Å². The predicted molar refractivity (Wildman–Crippen MR) is 125 cm³/mol. The van der Waals surface area contributed by atoms with Crippen molar-refractivity contribution in [1.82, 2.24) is 14.4 Å². The molecule has 0 spiro atoms. The van der Waals surface area contributed by atoms with Gasteiger partial charge in [-0.1, -0.05) is 23.0 Å². The van der Waals surface area contributed by atoms with Crippen LogP contribution in [0.2, 0.25) is 0 Å². The van der Waals surface area contributed by atoms with Gasteiger partial charge in [-0.2, -0.15) is 0 Å². The van der Waals surface area contributed by atoms with Crippen LogP contribution in [-0.2, 0) is 23.7 Å². The Balaban J connectivity index is 1.79. The minimum atomic E-state index is -3.24. The first kappa shape index (κ1) is 27.8. The number of aromatic amines is 1. The number of carbonyl (C=O) groups is 1. The van der Waals surface area contributed by atoms with Gasteiger partial charge in [0.25, 0.3) is 5.56 Å². The molecule has 0 saturated carbocycles. The van der Waals surface area contributed by atoms with Crippen LogP contribution in [0.1, 0.15) is 33.9 Å². The Morgan fingerprint density at radius 2 is 1.94 bits per heavy atom. The summed E-state index contributed by atoms with van der Waals surface area (Å²) < 4.78 is 45.4. The average Bonchev–Trinajstić information content (AvgIpc) is 3.03. The lowest BCUT2D eigenvalue weighted by Crippen LogP contribution is -2.44. The summed E-state index contributed by atoms with van der Waals surface area (Å²) in [5, 5.41) is 10.6. The highest BCUT2D eigenvalue weighted by molar-refractivity contribution is 7.36. The zero-order chi connectivity index (χ0) is 26.6. The van der Waals surface area contributed by atoms with Gasteiger partial charge in [-0.05, 0) is 39.8 Å². The molecule has 14 heteroatoms. The summed E-state index contributed by atoms with van der Waals surface area (Å²) in [7, 11) is -3.24. The molecule has 3 rings (SSSR count). The number of ether oxygens (including phenoxy) is 2. The standard InChI is InChI=1S/C22H29FN3O9P/c1-13(2)33-19(29)14(3)26(36(31)35-15-8-6-5-7-9-15)32-12-16-18(28)22(4,23)20(34-16)25-11-10-17(27)24-21(25)30/h5-11,13-14,16,18,20,28,36H,12H2,1-4H3,(H,24,27,30)/t14-,16+,18+,20+,22+/m0/s1. The molecule has 0 radical (unpaired) electrons. The van der Waals surface area contributed by atoms with Gasteiger partial charge in [0.15, 0.2) is 11.9 Å². The summed E-state index contributed by atoms with van der Waals surface area (Å²) in [6.45, 7) is 5.15. The summed E-state index contributed by atoms with van der Waals surface area (Å²) in [6, 6.07) is 7.98. The molecule has 12 nitrogen and oxygen atoms in total. The second-order valence-corrected chi connectivity index (χ2v) is 9.78. The largest absolute Gasteiger partial charge is 0.462 e. The molecule has 1 aliphatic heterocycles. The molecule has 1 saturated heterocycles. The summed E-state index contributed by atoms with van der Waals surface area (Å²) >= 11 is 0. The van der Waals surface area contributed by atoms with E-state index in [1.165, 1.54) is 6.92 Å². The topological polar surface area (TPSA) is 149 Å². The van der Waals surface area contributed by atoms with Crippen LogP contribution in [-0.4, -0.2) is 62.1 Å². The number of hydrogen-bond donors (Lipinski definition) is 2. The molecule has 198 valence electrons. The van der Waals surface area contributed by atoms with E-state index < -0.39 is 68.3 Å². The Hall–Kier alpha value is -2.83. The molecule has 0 bridgehead atoms. The third kappa shape index (κ3) is 6.29. The first-order valence-corrected chi connectivity index (χ1v) is 12.4. The molecule has 1 aliphatic rings. The number of aliphatic hydroxyl groups is 1. The van der Waals surface area contributed by atoms with E-state index in [-0.39, 0.29) is 5.75 Å². The van der Waals surface area contributed by atoms with Gasteiger partial charge in [0, 0.05) is 12.3 Å². The predicted octanol–water partition coefficient (Wildman–Crippen LogP) is 1.57. The number of benzene rings is 1. The number of nitrogens with zero attached hydrogens (tertiary/aromatic N) is 2. The third-order valence-electron chi connectivity index (χ3n) is 5.37. The van der Waals surface area contributed by atoms with Gasteiger partial charge in [0.1, 0.15) is 24.0 Å². The monoisotopic (exact) mass is 529 g/mol. The van der Waals surface area contributed by atoms with Crippen LogP contribution < -0.4 is 15.8 Å². The molecule has 6 atom stereocenters. The van der Waals surface area contributed by atoms with Crippen LogP contribution in [0, 0.1) is 0 Å². The minimum Gasteiger partial charge on any atom is -0.462 e. The highest BCUT2D eigenvalue weighted by Gasteiger charge is 2.55. The van der Waals surface area contributed by atoms with E-state index in [0.717, 1.165) is 28.6 Å². The van der Waals surface area contributed by atoms with Crippen LogP contribution in [0.15, 0.2) is 52.2 Å². The Morgan fingerprint density at radius 1 is 1.28 bits per heavy atom. The van der Waals surface area contributed by atoms with E-state index in [1.807, 2.05) is 4.98 Å². The Morgan fingerprint density at radius 3 is 2.56 bits per heavy atom. The molecule has 2 N–H and O–H groups in total. The second-order valence-electron chi connectivity index (χ2n) is 8.60. The lowest BCUT2D eigenvalue weighted by Gasteiger charge is -2.28. The maximum absolute atomic E-state index is 15.4. The number of H-pyrrole nitrogens is 1. The number of aromatic nitrogens is 2. The molecule has 1 aromatic heterocycles. The number of para-hydroxylation sites is 1. The second kappa shape index (κ2) is 11.5. The number of alkyl halides is 1. The van der Waals surface area contributed by atoms with Gasteiger partial charge in [0.2, 0.25) is 0 Å². The van der Waals surface area contributed by atoms with Crippen molar-refractivity contribution in [3.8, 4) is 5.75 Å². The number of hydrogen-bond acceptors (Lipinski definition) is 9. The van der Waals surface area contributed by atoms with Crippen molar-refractivity contribution < 1.29 is 37.7 Å². The summed E-state index contributed by atoms with van der Waals surface area (Å²) in [5.74, 6) is -0.494. The van der Waals surface area contributed by atoms with Crippen molar-refractivity contribution in [2.24, 2.45) is 0 Å². The average molecular weight is 529 g/mol. The van der Waals surface area contributed by atoms with Crippen LogP contribution in [0.3, 0.4) is 0 Å². The molecule has 2 aromatic rings. The van der Waals surface area contributed by atoms with E-state index in [1.54, 1.807) is 44.2 Å². The molecule has 2 heterocycles. The summed E-state index contributed by atoms with van der Waals surface area (Å²) in [5.41, 5.74) is -4.08. The smallest absolute Gasteiger partial charge is 0.331 e. The molecule has 1 aromatic carbocycles. The van der Waals surface area contributed by atoms with E-state index in [0.29, 0.717) is 0 Å². The molecule has 36 heavy (non-hydrogen) atoms. The Kier molecular flexibility index (Phi) is 8.85. The number of rotatable bonds is 10. The fourth-order valence-electron chi connectivity index (χ4n) is 3.50. The normalized spacial score (nSPS) is 25.6. The van der Waals surface area contributed by atoms with Gasteiger partial charge in [-0.25, -0.2) is 9.18 Å². The van der Waals surface area contributed by atoms with Crippen molar-refractivity contribution in [3.63, 3.8) is 0 Å². The van der Waals surface area contributed by atoms with Crippen molar-refractivity contribution in [1.29, 1.82) is 0 Å². The Labute approximate surface area is 206 Å². The maximum Gasteiger partial charge on any atom is 0.331 e. The zero-order valence-electron chi connectivity index (χ0n) is 20.1. The van der Waals surface area contributed by atoms with Gasteiger partial charge >= 0.3 is 19.8 Å². The zero-order valence-corrected chi connectivity index (χ0v) is 21.1. The quantitative estimate of drug-likeness (QED) is 0.264. The highest BCUT2D eigenvalue weighted by atomic mass is 31.1. The SMILES string of the molecule is CC(C)OC(=O)[C@H](C)N(OC[C@H]1O[C@@H](n2ccc(=O)[nH]c2=O)[C@](C)(F)[C@@H]1O)[PH](=O)Oc1ccccc1. The Bertz CT molecular complexity index is 1190.